The highest BCUT2D eigenvalue weighted by Crippen LogP contribution is 2.17. The number of anilines is 2. The zero-order valence-electron chi connectivity index (χ0n) is 10.6. The van der Waals surface area contributed by atoms with Crippen molar-refractivity contribution in [1.29, 1.82) is 0 Å². The molecule has 17 heavy (non-hydrogen) atoms. The molecule has 0 amide bonds. The predicted molar refractivity (Wildman–Crippen MR) is 67.4 cm³/mol. The number of nitrogens with zero attached hydrogens (tertiary/aromatic N) is 4. The molecule has 90 valence electrons. The molecule has 2 rings (SSSR count). The molecule has 0 bridgehead atoms. The van der Waals surface area contributed by atoms with Crippen LogP contribution in [0.25, 0.3) is 0 Å². The van der Waals surface area contributed by atoms with Crippen LogP contribution < -0.4 is 5.32 Å². The monoisotopic (exact) mass is 231 g/mol. The van der Waals surface area contributed by atoms with Crippen molar-refractivity contribution in [1.82, 2.24) is 19.7 Å². The Morgan fingerprint density at radius 2 is 2.00 bits per heavy atom. The number of nitrogens with one attached hydrogen (secondary N) is 1. The van der Waals surface area contributed by atoms with Gasteiger partial charge in [-0.15, -0.1) is 0 Å². The van der Waals surface area contributed by atoms with Crippen LogP contribution in [0.3, 0.4) is 0 Å². The van der Waals surface area contributed by atoms with E-state index in [1.807, 2.05) is 24.7 Å². The summed E-state index contributed by atoms with van der Waals surface area (Å²) in [5.41, 5.74) is 2.71. The van der Waals surface area contributed by atoms with Crippen molar-refractivity contribution in [2.24, 2.45) is 0 Å². The molecule has 1 N–H and O–H groups in total. The summed E-state index contributed by atoms with van der Waals surface area (Å²) >= 11 is 0. The first-order chi connectivity index (χ1) is 8.06. The minimum atomic E-state index is 0.357. The summed E-state index contributed by atoms with van der Waals surface area (Å²) in [6.07, 6.45) is 5.52. The van der Waals surface area contributed by atoms with E-state index in [1.165, 1.54) is 0 Å². The van der Waals surface area contributed by atoms with Crippen molar-refractivity contribution >= 4 is 11.5 Å². The third-order valence-corrected chi connectivity index (χ3v) is 2.47. The molecule has 0 saturated heterocycles. The molecule has 5 heteroatoms. The maximum absolute atomic E-state index is 4.41. The number of rotatable bonds is 3. The van der Waals surface area contributed by atoms with Crippen molar-refractivity contribution in [3.8, 4) is 0 Å². The lowest BCUT2D eigenvalue weighted by molar-refractivity contribution is 0.532. The second-order valence-corrected chi connectivity index (χ2v) is 4.37. The van der Waals surface area contributed by atoms with E-state index in [1.54, 1.807) is 12.4 Å². The van der Waals surface area contributed by atoms with Crippen molar-refractivity contribution in [2.75, 3.05) is 5.32 Å². The summed E-state index contributed by atoms with van der Waals surface area (Å²) < 4.78 is 1.90. The molecular formula is C12H17N5. The lowest BCUT2D eigenvalue weighted by atomic mass is 10.4. The first-order valence-electron chi connectivity index (χ1n) is 5.67. The molecule has 2 aromatic rings. The van der Waals surface area contributed by atoms with Gasteiger partial charge in [0.15, 0.2) is 5.82 Å². The second-order valence-electron chi connectivity index (χ2n) is 4.37. The molecule has 0 aliphatic rings. The molecule has 5 nitrogen and oxygen atoms in total. The van der Waals surface area contributed by atoms with E-state index in [9.17, 15) is 0 Å². The first-order valence-corrected chi connectivity index (χ1v) is 5.67. The van der Waals surface area contributed by atoms with Gasteiger partial charge in [-0.1, -0.05) is 0 Å². The fourth-order valence-electron chi connectivity index (χ4n) is 1.48. The lowest BCUT2D eigenvalue weighted by Crippen LogP contribution is -2.01. The summed E-state index contributed by atoms with van der Waals surface area (Å²) in [5.74, 6) is 0.785. The van der Waals surface area contributed by atoms with Crippen molar-refractivity contribution in [3.63, 3.8) is 0 Å². The standard InChI is InChI=1S/C12H17N5/c1-8(2)17-7-11(6-14-17)16-12-10(4)13-5-9(3)15-12/h5-8H,1-4H3,(H,15,16). The average Bonchev–Trinajstić information content (AvgIpc) is 2.72. The van der Waals surface area contributed by atoms with Gasteiger partial charge in [0.25, 0.3) is 0 Å². The average molecular weight is 231 g/mol. The Kier molecular flexibility index (Phi) is 3.08. The van der Waals surface area contributed by atoms with Gasteiger partial charge in [-0.25, -0.2) is 4.98 Å². The zero-order valence-corrected chi connectivity index (χ0v) is 10.6. The van der Waals surface area contributed by atoms with E-state index >= 15 is 0 Å². The Hall–Kier alpha value is -1.91. The molecule has 0 radical (unpaired) electrons. The van der Waals surface area contributed by atoms with Crippen molar-refractivity contribution < 1.29 is 0 Å². The summed E-state index contributed by atoms with van der Waals surface area (Å²) in [7, 11) is 0. The molecule has 0 aromatic carbocycles. The smallest absolute Gasteiger partial charge is 0.152 e. The number of hydrogen-bond donors (Lipinski definition) is 1. The highest BCUT2D eigenvalue weighted by molar-refractivity contribution is 5.55. The van der Waals surface area contributed by atoms with Crippen LogP contribution in [0.5, 0.6) is 0 Å². The normalized spacial score (nSPS) is 10.9. The SMILES string of the molecule is Cc1cnc(C)c(Nc2cnn(C(C)C)c2)n1. The van der Waals surface area contributed by atoms with Gasteiger partial charge < -0.3 is 5.32 Å². The summed E-state index contributed by atoms with van der Waals surface area (Å²) in [4.78, 5) is 8.68. The van der Waals surface area contributed by atoms with Gasteiger partial charge in [-0.05, 0) is 27.7 Å². The first kappa shape index (κ1) is 11.6. The number of aryl methyl sites for hydroxylation is 2. The van der Waals surface area contributed by atoms with E-state index in [0.29, 0.717) is 6.04 Å². The summed E-state index contributed by atoms with van der Waals surface area (Å²) in [5, 5.41) is 7.50. The molecule has 2 aromatic heterocycles. The Morgan fingerprint density at radius 3 is 2.65 bits per heavy atom. The summed E-state index contributed by atoms with van der Waals surface area (Å²) in [6.45, 7) is 8.04. The Labute approximate surface area is 101 Å². The minimum Gasteiger partial charge on any atom is -0.336 e. The Balaban J connectivity index is 2.22. The highest BCUT2D eigenvalue weighted by Gasteiger charge is 2.05. The third kappa shape index (κ3) is 2.61. The maximum atomic E-state index is 4.41. The molecule has 0 aliphatic heterocycles. The predicted octanol–water partition coefficient (Wildman–Crippen LogP) is 2.61. The molecule has 0 saturated carbocycles. The Bertz CT molecular complexity index is 515. The topological polar surface area (TPSA) is 55.6 Å². The fourth-order valence-corrected chi connectivity index (χ4v) is 1.48. The maximum Gasteiger partial charge on any atom is 0.152 e. The largest absolute Gasteiger partial charge is 0.336 e. The number of aromatic nitrogens is 4. The van der Waals surface area contributed by atoms with Crippen LogP contribution in [0.4, 0.5) is 11.5 Å². The lowest BCUT2D eigenvalue weighted by Gasteiger charge is -2.06. The quantitative estimate of drug-likeness (QED) is 0.882. The van der Waals surface area contributed by atoms with E-state index in [0.717, 1.165) is 22.9 Å². The van der Waals surface area contributed by atoms with Crippen LogP contribution in [0.1, 0.15) is 31.3 Å². The van der Waals surface area contributed by atoms with Gasteiger partial charge in [0.05, 0.1) is 23.3 Å². The van der Waals surface area contributed by atoms with E-state index in [2.05, 4.69) is 34.2 Å². The molecular weight excluding hydrogens is 214 g/mol. The zero-order chi connectivity index (χ0) is 12.4. The van der Waals surface area contributed by atoms with Crippen LogP contribution in [0.15, 0.2) is 18.6 Å². The third-order valence-electron chi connectivity index (χ3n) is 2.47. The molecule has 2 heterocycles. The van der Waals surface area contributed by atoms with Gasteiger partial charge in [0, 0.05) is 18.4 Å². The molecule has 0 spiro atoms. The minimum absolute atomic E-state index is 0.357. The van der Waals surface area contributed by atoms with Crippen molar-refractivity contribution in [2.45, 2.75) is 33.7 Å². The molecule has 0 fully saturated rings. The van der Waals surface area contributed by atoms with E-state index in [-0.39, 0.29) is 0 Å². The van der Waals surface area contributed by atoms with Crippen LogP contribution in [-0.2, 0) is 0 Å². The molecule has 0 aliphatic carbocycles. The van der Waals surface area contributed by atoms with Crippen LogP contribution in [0, 0.1) is 13.8 Å². The second kappa shape index (κ2) is 4.53. The van der Waals surface area contributed by atoms with Crippen LogP contribution in [-0.4, -0.2) is 19.7 Å². The van der Waals surface area contributed by atoms with Gasteiger partial charge in [0.2, 0.25) is 0 Å². The van der Waals surface area contributed by atoms with Crippen LogP contribution in [0.2, 0.25) is 0 Å². The number of hydrogen-bond acceptors (Lipinski definition) is 4. The van der Waals surface area contributed by atoms with Gasteiger partial charge in [0.1, 0.15) is 0 Å². The van der Waals surface area contributed by atoms with E-state index in [4.69, 9.17) is 0 Å². The van der Waals surface area contributed by atoms with Gasteiger partial charge >= 0.3 is 0 Å². The molecule has 0 atom stereocenters. The summed E-state index contributed by atoms with van der Waals surface area (Å²) in [6, 6.07) is 0.357. The molecule has 0 unspecified atom stereocenters. The van der Waals surface area contributed by atoms with E-state index < -0.39 is 0 Å². The van der Waals surface area contributed by atoms with Crippen LogP contribution >= 0.6 is 0 Å². The van der Waals surface area contributed by atoms with Gasteiger partial charge in [-0.2, -0.15) is 5.10 Å². The Morgan fingerprint density at radius 1 is 1.24 bits per heavy atom. The fraction of sp³-hybridized carbons (Fsp3) is 0.417. The highest BCUT2D eigenvalue weighted by atomic mass is 15.3. The van der Waals surface area contributed by atoms with Gasteiger partial charge in [-0.3, -0.25) is 9.67 Å². The van der Waals surface area contributed by atoms with Crippen molar-refractivity contribution in [3.05, 3.63) is 30.0 Å².